The van der Waals surface area contributed by atoms with Crippen LogP contribution in [0.15, 0.2) is 48.7 Å². The Balaban J connectivity index is 1.75. The van der Waals surface area contributed by atoms with E-state index in [1.54, 1.807) is 25.3 Å². The van der Waals surface area contributed by atoms with Gasteiger partial charge in [-0.05, 0) is 56.3 Å². The summed E-state index contributed by atoms with van der Waals surface area (Å²) >= 11 is 0. The summed E-state index contributed by atoms with van der Waals surface area (Å²) < 4.78 is 16.0. The molecule has 7 nitrogen and oxygen atoms in total. The first-order valence-corrected chi connectivity index (χ1v) is 8.84. The highest BCUT2D eigenvalue weighted by Crippen LogP contribution is 2.35. The summed E-state index contributed by atoms with van der Waals surface area (Å²) in [5.41, 5.74) is 8.90. The van der Waals surface area contributed by atoms with Crippen LogP contribution < -0.4 is 15.2 Å². The van der Waals surface area contributed by atoms with Gasteiger partial charge in [0.05, 0.1) is 18.3 Å². The van der Waals surface area contributed by atoms with E-state index in [0.717, 1.165) is 27.4 Å². The molecule has 0 aliphatic carbocycles. The monoisotopic (exact) mass is 377 g/mol. The van der Waals surface area contributed by atoms with E-state index in [1.165, 1.54) is 0 Å². The minimum Gasteiger partial charge on any atom is -0.457 e. The number of ether oxygens (including phenoxy) is 3. The van der Waals surface area contributed by atoms with Crippen LogP contribution in [-0.2, 0) is 4.74 Å². The number of aromatic nitrogens is 2. The van der Waals surface area contributed by atoms with E-state index >= 15 is 0 Å². The smallest absolute Gasteiger partial charge is 0.457 e. The number of benzene rings is 2. The van der Waals surface area contributed by atoms with Gasteiger partial charge in [0.15, 0.2) is 0 Å². The summed E-state index contributed by atoms with van der Waals surface area (Å²) in [7, 11) is 0. The number of nitrogen functional groups attached to an aromatic ring is 1. The molecule has 0 atom stereocenters. The zero-order valence-corrected chi connectivity index (χ0v) is 15.5. The number of H-pyrrole nitrogens is 1. The maximum Gasteiger partial charge on any atom is 0.515 e. The van der Waals surface area contributed by atoms with E-state index in [-0.39, 0.29) is 12.5 Å². The maximum absolute atomic E-state index is 11.7. The van der Waals surface area contributed by atoms with Gasteiger partial charge in [-0.25, -0.2) is 9.78 Å². The molecule has 0 saturated heterocycles. The second-order valence-corrected chi connectivity index (χ2v) is 6.27. The number of nitrogens with one attached hydrogen (secondary N) is 1. The molecule has 0 aliphatic heterocycles. The Labute approximate surface area is 161 Å². The van der Waals surface area contributed by atoms with Crippen molar-refractivity contribution < 1.29 is 19.0 Å². The lowest BCUT2D eigenvalue weighted by atomic mass is 10.1. The molecule has 0 spiro atoms. The highest BCUT2D eigenvalue weighted by Gasteiger charge is 2.16. The number of carbonyl (C=O) groups is 1. The molecule has 0 fully saturated rings. The van der Waals surface area contributed by atoms with Crippen LogP contribution in [0, 0.1) is 6.92 Å². The number of rotatable bonds is 4. The largest absolute Gasteiger partial charge is 0.515 e. The van der Waals surface area contributed by atoms with Crippen LogP contribution in [0.3, 0.4) is 0 Å². The van der Waals surface area contributed by atoms with E-state index in [0.29, 0.717) is 17.2 Å². The number of hydrogen-bond donors (Lipinski definition) is 2. The van der Waals surface area contributed by atoms with Crippen LogP contribution in [0.5, 0.6) is 17.4 Å². The Morgan fingerprint density at radius 1 is 1.11 bits per heavy atom. The molecule has 28 heavy (non-hydrogen) atoms. The molecule has 0 unspecified atom stereocenters. The number of hydrogen-bond acceptors (Lipinski definition) is 6. The molecule has 2 aromatic carbocycles. The second kappa shape index (κ2) is 7.11. The van der Waals surface area contributed by atoms with Gasteiger partial charge in [-0.15, -0.1) is 0 Å². The summed E-state index contributed by atoms with van der Waals surface area (Å²) in [5.74, 6) is 1.59. The minimum absolute atomic E-state index is 0.219. The number of nitrogens with zero attached hydrogens (tertiary/aromatic N) is 1. The molecule has 0 amide bonds. The van der Waals surface area contributed by atoms with Crippen molar-refractivity contribution in [2.75, 3.05) is 12.3 Å². The van der Waals surface area contributed by atoms with Gasteiger partial charge in [0.2, 0.25) is 5.88 Å². The van der Waals surface area contributed by atoms with E-state index in [9.17, 15) is 4.79 Å². The Bertz CT molecular complexity index is 1170. The van der Waals surface area contributed by atoms with Crippen LogP contribution in [0.2, 0.25) is 0 Å². The molecule has 4 aromatic rings. The Morgan fingerprint density at radius 2 is 1.86 bits per heavy atom. The first-order valence-electron chi connectivity index (χ1n) is 8.84. The molecule has 2 heterocycles. The second-order valence-electron chi connectivity index (χ2n) is 6.27. The molecule has 3 N–H and O–H groups in total. The van der Waals surface area contributed by atoms with Gasteiger partial charge in [-0.1, -0.05) is 0 Å². The van der Waals surface area contributed by atoms with Crippen molar-refractivity contribution in [2.24, 2.45) is 0 Å². The molecule has 0 aliphatic rings. The molecule has 0 radical (unpaired) electrons. The quantitative estimate of drug-likeness (QED) is 0.386. The molecular formula is C21H19N3O4. The summed E-state index contributed by atoms with van der Waals surface area (Å²) in [6, 6.07) is 13.0. The van der Waals surface area contributed by atoms with Gasteiger partial charge < -0.3 is 24.9 Å². The summed E-state index contributed by atoms with van der Waals surface area (Å²) in [5, 5.41) is 1.85. The van der Waals surface area contributed by atoms with E-state index in [1.807, 2.05) is 37.3 Å². The number of fused-ring (bicyclic) bond motifs is 3. The minimum atomic E-state index is -0.773. The fraction of sp³-hybridized carbons (Fsp3) is 0.143. The summed E-state index contributed by atoms with van der Waals surface area (Å²) in [6.45, 7) is 3.80. The van der Waals surface area contributed by atoms with Crippen molar-refractivity contribution in [2.45, 2.75) is 13.8 Å². The van der Waals surface area contributed by atoms with Gasteiger partial charge in [0.1, 0.15) is 11.5 Å². The number of aromatic amines is 1. The number of pyridine rings is 1. The van der Waals surface area contributed by atoms with Crippen molar-refractivity contribution in [3.63, 3.8) is 0 Å². The van der Waals surface area contributed by atoms with Crippen molar-refractivity contribution >= 4 is 33.6 Å². The third-order valence-corrected chi connectivity index (χ3v) is 4.36. The highest BCUT2D eigenvalue weighted by molar-refractivity contribution is 6.09. The first-order chi connectivity index (χ1) is 13.5. The van der Waals surface area contributed by atoms with E-state index < -0.39 is 6.16 Å². The van der Waals surface area contributed by atoms with Gasteiger partial charge in [-0.3, -0.25) is 0 Å². The van der Waals surface area contributed by atoms with Crippen LogP contribution >= 0.6 is 0 Å². The molecule has 2 aromatic heterocycles. The third kappa shape index (κ3) is 3.29. The van der Waals surface area contributed by atoms with Crippen LogP contribution in [-0.4, -0.2) is 22.7 Å². The SMILES string of the molecule is CCOC(=O)Oc1ncc2[nH]c3ccc(Oc4ccc(N)cc4)cc3c2c1C. The normalized spacial score (nSPS) is 10.9. The van der Waals surface area contributed by atoms with Crippen molar-refractivity contribution in [3.8, 4) is 17.4 Å². The molecule has 142 valence electrons. The molecule has 7 heteroatoms. The van der Waals surface area contributed by atoms with Crippen molar-refractivity contribution in [1.29, 1.82) is 0 Å². The fourth-order valence-corrected chi connectivity index (χ4v) is 3.08. The summed E-state index contributed by atoms with van der Waals surface area (Å²) in [6.07, 6.45) is 0.863. The molecular weight excluding hydrogens is 358 g/mol. The average Bonchev–Trinajstić information content (AvgIpc) is 3.05. The lowest BCUT2D eigenvalue weighted by molar-refractivity contribution is 0.102. The number of nitrogens with two attached hydrogens (primary N) is 1. The van der Waals surface area contributed by atoms with Gasteiger partial charge in [0, 0.05) is 27.5 Å². The predicted molar refractivity (Wildman–Crippen MR) is 107 cm³/mol. The average molecular weight is 377 g/mol. The van der Waals surface area contributed by atoms with Gasteiger partial charge in [0.25, 0.3) is 0 Å². The van der Waals surface area contributed by atoms with Gasteiger partial charge in [-0.2, -0.15) is 0 Å². The highest BCUT2D eigenvalue weighted by atomic mass is 16.7. The predicted octanol–water partition coefficient (Wildman–Crippen LogP) is 4.93. The van der Waals surface area contributed by atoms with E-state index in [4.69, 9.17) is 19.9 Å². The molecule has 0 saturated carbocycles. The van der Waals surface area contributed by atoms with Crippen LogP contribution in [0.4, 0.5) is 10.5 Å². The number of aryl methyl sites for hydroxylation is 1. The molecule has 0 bridgehead atoms. The van der Waals surface area contributed by atoms with Crippen molar-refractivity contribution in [3.05, 3.63) is 54.2 Å². The Kier molecular flexibility index (Phi) is 4.49. The standard InChI is InChI=1S/C21H19N3O4/c1-3-26-21(25)28-20-12(2)19-16-10-15(27-14-6-4-13(22)5-7-14)8-9-17(16)24-18(19)11-23-20/h4-11,24H,3,22H2,1-2H3. The Hall–Kier alpha value is -3.74. The molecule has 4 rings (SSSR count). The van der Waals surface area contributed by atoms with Crippen LogP contribution in [0.1, 0.15) is 12.5 Å². The zero-order valence-electron chi connectivity index (χ0n) is 15.5. The Morgan fingerprint density at radius 3 is 2.61 bits per heavy atom. The van der Waals surface area contributed by atoms with E-state index in [2.05, 4.69) is 9.97 Å². The number of anilines is 1. The lowest BCUT2D eigenvalue weighted by Crippen LogP contribution is -2.11. The fourth-order valence-electron chi connectivity index (χ4n) is 3.08. The lowest BCUT2D eigenvalue weighted by Gasteiger charge is -2.08. The van der Waals surface area contributed by atoms with Crippen LogP contribution in [0.25, 0.3) is 21.8 Å². The third-order valence-electron chi connectivity index (χ3n) is 4.36. The maximum atomic E-state index is 11.7. The number of carbonyl (C=O) groups excluding carboxylic acids is 1. The zero-order chi connectivity index (χ0) is 19.7. The van der Waals surface area contributed by atoms with Crippen molar-refractivity contribution in [1.82, 2.24) is 9.97 Å². The summed E-state index contributed by atoms with van der Waals surface area (Å²) in [4.78, 5) is 19.2. The van der Waals surface area contributed by atoms with Gasteiger partial charge >= 0.3 is 6.16 Å². The first kappa shape index (κ1) is 17.7. The topological polar surface area (TPSA) is 99.5 Å².